The van der Waals surface area contributed by atoms with Gasteiger partial charge in [0.15, 0.2) is 17.9 Å². The van der Waals surface area contributed by atoms with Gasteiger partial charge in [-0.3, -0.25) is 0 Å². The third kappa shape index (κ3) is 6.62. The van der Waals surface area contributed by atoms with Crippen LogP contribution < -0.4 is 4.74 Å². The van der Waals surface area contributed by atoms with Crippen molar-refractivity contribution in [1.29, 1.82) is 0 Å². The summed E-state index contributed by atoms with van der Waals surface area (Å²) in [6.07, 6.45) is 7.28. The van der Waals surface area contributed by atoms with Crippen molar-refractivity contribution in [2.45, 2.75) is 51.7 Å². The van der Waals surface area contributed by atoms with Crippen LogP contribution >= 0.6 is 0 Å². The van der Waals surface area contributed by atoms with E-state index in [2.05, 4.69) is 6.92 Å². The molecule has 6 heteroatoms. The van der Waals surface area contributed by atoms with Crippen LogP contribution in [0.25, 0.3) is 22.3 Å². The van der Waals surface area contributed by atoms with Crippen molar-refractivity contribution in [2.24, 2.45) is 0 Å². The van der Waals surface area contributed by atoms with Crippen LogP contribution in [0, 0.1) is 17.5 Å². The SMILES string of the molecule is CC=CC1OCC(c2ccc(-c3ccc(-c4ccc(OCCCCCC)c(F)c4F)cc3)cc2F)CO1. The Morgan fingerprint density at radius 3 is 2.22 bits per heavy atom. The molecule has 1 aliphatic rings. The number of unbranched alkanes of at least 4 members (excludes halogenated alkanes) is 3. The van der Waals surface area contributed by atoms with Crippen molar-refractivity contribution in [2.75, 3.05) is 19.8 Å². The highest BCUT2D eigenvalue weighted by Crippen LogP contribution is 2.33. The normalized spacial score (nSPS) is 17.9. The number of halogens is 3. The van der Waals surface area contributed by atoms with E-state index in [9.17, 15) is 13.2 Å². The van der Waals surface area contributed by atoms with E-state index in [1.807, 2.05) is 25.1 Å². The molecule has 3 aromatic carbocycles. The van der Waals surface area contributed by atoms with Crippen LogP contribution in [0.1, 0.15) is 51.0 Å². The maximum Gasteiger partial charge on any atom is 0.201 e. The summed E-state index contributed by atoms with van der Waals surface area (Å²) in [4.78, 5) is 0. The first kappa shape index (κ1) is 27.0. The summed E-state index contributed by atoms with van der Waals surface area (Å²) in [5, 5.41) is 0. The van der Waals surface area contributed by atoms with Gasteiger partial charge in [-0.1, -0.05) is 68.7 Å². The van der Waals surface area contributed by atoms with Gasteiger partial charge in [-0.25, -0.2) is 8.78 Å². The van der Waals surface area contributed by atoms with Gasteiger partial charge in [0, 0.05) is 11.5 Å². The van der Waals surface area contributed by atoms with Crippen molar-refractivity contribution in [1.82, 2.24) is 0 Å². The second-order valence-corrected chi connectivity index (χ2v) is 9.22. The molecule has 0 saturated carbocycles. The molecule has 3 aromatic rings. The molecule has 37 heavy (non-hydrogen) atoms. The fraction of sp³-hybridized carbons (Fsp3) is 0.355. The summed E-state index contributed by atoms with van der Waals surface area (Å²) in [7, 11) is 0. The average molecular weight is 511 g/mol. The zero-order valence-electron chi connectivity index (χ0n) is 21.3. The molecule has 1 saturated heterocycles. The molecule has 1 fully saturated rings. The lowest BCUT2D eigenvalue weighted by molar-refractivity contribution is -0.159. The maximum atomic E-state index is 15.0. The number of allylic oxidation sites excluding steroid dienone is 1. The van der Waals surface area contributed by atoms with E-state index in [-0.39, 0.29) is 29.3 Å². The lowest BCUT2D eigenvalue weighted by atomic mass is 9.95. The zero-order chi connectivity index (χ0) is 26.2. The first-order valence-electron chi connectivity index (χ1n) is 12.9. The van der Waals surface area contributed by atoms with Crippen molar-refractivity contribution in [3.05, 3.63) is 89.8 Å². The minimum atomic E-state index is -0.984. The van der Waals surface area contributed by atoms with E-state index in [4.69, 9.17) is 14.2 Å². The smallest absolute Gasteiger partial charge is 0.201 e. The highest BCUT2D eigenvalue weighted by Gasteiger charge is 2.24. The molecule has 0 bridgehead atoms. The summed E-state index contributed by atoms with van der Waals surface area (Å²) in [5.41, 5.74) is 2.68. The summed E-state index contributed by atoms with van der Waals surface area (Å²) >= 11 is 0. The minimum absolute atomic E-state index is 0.0731. The van der Waals surface area contributed by atoms with Gasteiger partial charge < -0.3 is 14.2 Å². The Hall–Kier alpha value is -3.09. The van der Waals surface area contributed by atoms with Crippen LogP contribution in [-0.4, -0.2) is 26.1 Å². The van der Waals surface area contributed by atoms with E-state index in [0.29, 0.717) is 36.5 Å². The third-order valence-corrected chi connectivity index (χ3v) is 6.54. The molecule has 3 nitrogen and oxygen atoms in total. The van der Waals surface area contributed by atoms with E-state index >= 15 is 0 Å². The van der Waals surface area contributed by atoms with Gasteiger partial charge in [0.2, 0.25) is 5.82 Å². The standard InChI is InChI=1S/C31H33F3O3/c1-3-5-6-7-17-35-28-16-15-26(30(33)31(28)34)22-11-9-21(10-12-22)23-13-14-25(27(32)18-23)24-19-36-29(8-4-2)37-20-24/h4,8-16,18,24,29H,3,5-7,17,19-20H2,1-2H3. The highest BCUT2D eigenvalue weighted by molar-refractivity contribution is 5.71. The Bertz CT molecular complexity index is 1200. The lowest BCUT2D eigenvalue weighted by Gasteiger charge is -2.28. The van der Waals surface area contributed by atoms with E-state index < -0.39 is 11.6 Å². The van der Waals surface area contributed by atoms with Gasteiger partial charge in [-0.05, 0) is 59.9 Å². The van der Waals surface area contributed by atoms with Crippen LogP contribution in [0.3, 0.4) is 0 Å². The molecule has 1 heterocycles. The molecule has 1 aliphatic heterocycles. The fourth-order valence-corrected chi connectivity index (χ4v) is 4.42. The number of hydrogen-bond acceptors (Lipinski definition) is 3. The van der Waals surface area contributed by atoms with Crippen molar-refractivity contribution in [3.63, 3.8) is 0 Å². The predicted octanol–water partition coefficient (Wildman–Crippen LogP) is 8.43. The van der Waals surface area contributed by atoms with Gasteiger partial charge in [-0.2, -0.15) is 4.39 Å². The van der Waals surface area contributed by atoms with E-state index in [1.165, 1.54) is 18.2 Å². The first-order valence-corrected chi connectivity index (χ1v) is 12.9. The van der Waals surface area contributed by atoms with Crippen molar-refractivity contribution >= 4 is 0 Å². The van der Waals surface area contributed by atoms with Gasteiger partial charge in [0.1, 0.15) is 5.82 Å². The summed E-state index contributed by atoms with van der Waals surface area (Å²) in [5.74, 6) is -2.51. The topological polar surface area (TPSA) is 27.7 Å². The molecule has 0 N–H and O–H groups in total. The number of benzene rings is 3. The molecule has 0 aromatic heterocycles. The van der Waals surface area contributed by atoms with Gasteiger partial charge in [-0.15, -0.1) is 0 Å². The molecule has 0 unspecified atom stereocenters. The summed E-state index contributed by atoms with van der Waals surface area (Å²) in [6.45, 7) is 5.12. The largest absolute Gasteiger partial charge is 0.490 e. The number of hydrogen-bond donors (Lipinski definition) is 0. The molecule has 0 aliphatic carbocycles. The molecular formula is C31H33F3O3. The van der Waals surface area contributed by atoms with Crippen LogP contribution in [0.5, 0.6) is 5.75 Å². The highest BCUT2D eigenvalue weighted by atomic mass is 19.2. The van der Waals surface area contributed by atoms with Crippen LogP contribution in [0.15, 0.2) is 66.7 Å². The molecule has 196 valence electrons. The van der Waals surface area contributed by atoms with Crippen LogP contribution in [0.4, 0.5) is 13.2 Å². The van der Waals surface area contributed by atoms with Gasteiger partial charge >= 0.3 is 0 Å². The van der Waals surface area contributed by atoms with Gasteiger partial charge in [0.25, 0.3) is 0 Å². The third-order valence-electron chi connectivity index (χ3n) is 6.54. The Labute approximate surface area is 216 Å². The Morgan fingerprint density at radius 1 is 0.838 bits per heavy atom. The van der Waals surface area contributed by atoms with Crippen LogP contribution in [0.2, 0.25) is 0 Å². The zero-order valence-corrected chi connectivity index (χ0v) is 21.3. The fourth-order valence-electron chi connectivity index (χ4n) is 4.42. The average Bonchev–Trinajstić information content (AvgIpc) is 2.92. The Kier molecular flexibility index (Phi) is 9.42. The van der Waals surface area contributed by atoms with E-state index in [1.54, 1.807) is 30.3 Å². The number of ether oxygens (including phenoxy) is 3. The Balaban J connectivity index is 1.44. The molecule has 0 radical (unpaired) electrons. The van der Waals surface area contributed by atoms with Gasteiger partial charge in [0.05, 0.1) is 19.8 Å². The molecule has 0 spiro atoms. The Morgan fingerprint density at radius 2 is 1.54 bits per heavy atom. The van der Waals surface area contributed by atoms with Crippen LogP contribution in [-0.2, 0) is 9.47 Å². The number of rotatable bonds is 10. The van der Waals surface area contributed by atoms with Crippen molar-refractivity contribution < 1.29 is 27.4 Å². The molecular weight excluding hydrogens is 477 g/mol. The molecule has 4 rings (SSSR count). The summed E-state index contributed by atoms with van der Waals surface area (Å²) in [6, 6.07) is 15.0. The molecule has 0 amide bonds. The second-order valence-electron chi connectivity index (χ2n) is 9.22. The summed E-state index contributed by atoms with van der Waals surface area (Å²) < 4.78 is 61.1. The maximum absolute atomic E-state index is 15.0. The quantitative estimate of drug-likeness (QED) is 0.202. The molecule has 0 atom stereocenters. The minimum Gasteiger partial charge on any atom is -0.490 e. The van der Waals surface area contributed by atoms with Crippen molar-refractivity contribution in [3.8, 4) is 28.0 Å². The monoisotopic (exact) mass is 510 g/mol. The van der Waals surface area contributed by atoms with E-state index in [0.717, 1.165) is 31.2 Å². The first-order chi connectivity index (χ1) is 18.0. The second kappa shape index (κ2) is 12.9. The predicted molar refractivity (Wildman–Crippen MR) is 140 cm³/mol. The lowest BCUT2D eigenvalue weighted by Crippen LogP contribution is -2.29.